The molecule has 0 radical (unpaired) electrons. The highest BCUT2D eigenvalue weighted by Crippen LogP contribution is 2.27. The van der Waals surface area contributed by atoms with Gasteiger partial charge in [-0.1, -0.05) is 0 Å². The number of nitrogens with one attached hydrogen (secondary N) is 1. The van der Waals surface area contributed by atoms with E-state index in [0.29, 0.717) is 6.04 Å². The summed E-state index contributed by atoms with van der Waals surface area (Å²) >= 11 is 6.96. The van der Waals surface area contributed by atoms with Crippen molar-refractivity contribution < 1.29 is 0 Å². The maximum Gasteiger partial charge on any atom is 0.0944 e. The summed E-state index contributed by atoms with van der Waals surface area (Å²) < 4.78 is 1.15. The predicted molar refractivity (Wildman–Crippen MR) is 69.6 cm³/mol. The van der Waals surface area contributed by atoms with Crippen LogP contribution in [0.15, 0.2) is 27.5 Å². The summed E-state index contributed by atoms with van der Waals surface area (Å²) in [5.41, 5.74) is 0. The number of aromatic nitrogens is 1. The fraction of sp³-hybridized carbons (Fsp3) is 0.300. The number of rotatable bonds is 4. The molecule has 0 amide bonds. The molecule has 0 saturated heterocycles. The molecular weight excluding hydrogens is 292 g/mol. The van der Waals surface area contributed by atoms with E-state index in [9.17, 15) is 0 Å². The monoisotopic (exact) mass is 302 g/mol. The Balaban J connectivity index is 2.11. The van der Waals surface area contributed by atoms with Gasteiger partial charge in [0.2, 0.25) is 0 Å². The average molecular weight is 303 g/mol. The van der Waals surface area contributed by atoms with E-state index in [-0.39, 0.29) is 0 Å². The summed E-state index contributed by atoms with van der Waals surface area (Å²) in [6.45, 7) is 0. The molecule has 2 aromatic heterocycles. The van der Waals surface area contributed by atoms with Crippen LogP contribution >= 0.6 is 38.6 Å². The van der Waals surface area contributed by atoms with Gasteiger partial charge in [0.15, 0.2) is 0 Å². The number of thiazole rings is 1. The second-order valence-corrected chi connectivity index (χ2v) is 5.98. The van der Waals surface area contributed by atoms with Crippen molar-refractivity contribution in [1.82, 2.24) is 10.3 Å². The number of halogens is 1. The van der Waals surface area contributed by atoms with E-state index in [2.05, 4.69) is 37.7 Å². The molecule has 2 heterocycles. The fourth-order valence-corrected chi connectivity index (χ4v) is 3.60. The first-order chi connectivity index (χ1) is 7.29. The van der Waals surface area contributed by atoms with E-state index in [1.54, 1.807) is 22.7 Å². The van der Waals surface area contributed by atoms with Gasteiger partial charge in [-0.3, -0.25) is 0 Å². The van der Waals surface area contributed by atoms with Gasteiger partial charge in [-0.05, 0) is 29.0 Å². The molecule has 80 valence electrons. The van der Waals surface area contributed by atoms with Crippen molar-refractivity contribution in [3.05, 3.63) is 37.4 Å². The Morgan fingerprint density at radius 2 is 2.40 bits per heavy atom. The van der Waals surface area contributed by atoms with Crippen LogP contribution in [-0.2, 0) is 6.42 Å². The van der Waals surface area contributed by atoms with Crippen LogP contribution in [0.5, 0.6) is 0 Å². The third kappa shape index (κ3) is 2.87. The van der Waals surface area contributed by atoms with Gasteiger partial charge in [-0.15, -0.1) is 22.7 Å². The number of likely N-dealkylation sites (N-methyl/N-ethyl adjacent to an activating group) is 1. The summed E-state index contributed by atoms with van der Waals surface area (Å²) in [4.78, 5) is 5.65. The Morgan fingerprint density at radius 1 is 1.53 bits per heavy atom. The Morgan fingerprint density at radius 3 is 2.93 bits per heavy atom. The van der Waals surface area contributed by atoms with Crippen molar-refractivity contribution in [3.63, 3.8) is 0 Å². The van der Waals surface area contributed by atoms with E-state index in [1.165, 1.54) is 9.88 Å². The summed E-state index contributed by atoms with van der Waals surface area (Å²) in [6.07, 6.45) is 2.82. The minimum Gasteiger partial charge on any atom is -0.312 e. The van der Waals surface area contributed by atoms with Crippen molar-refractivity contribution in [2.24, 2.45) is 0 Å². The number of hydrogen-bond donors (Lipinski definition) is 1. The van der Waals surface area contributed by atoms with Crippen molar-refractivity contribution in [2.75, 3.05) is 7.05 Å². The second kappa shape index (κ2) is 5.21. The molecule has 15 heavy (non-hydrogen) atoms. The summed E-state index contributed by atoms with van der Waals surface area (Å²) in [5, 5.41) is 8.64. The van der Waals surface area contributed by atoms with Crippen molar-refractivity contribution >= 4 is 38.6 Å². The van der Waals surface area contributed by atoms with Crippen LogP contribution < -0.4 is 5.32 Å². The number of hydrogen-bond acceptors (Lipinski definition) is 4. The summed E-state index contributed by atoms with van der Waals surface area (Å²) in [7, 11) is 1.99. The molecule has 0 aliphatic rings. The zero-order valence-corrected chi connectivity index (χ0v) is 11.5. The van der Waals surface area contributed by atoms with Gasteiger partial charge in [0, 0.05) is 38.8 Å². The lowest BCUT2D eigenvalue weighted by Gasteiger charge is -2.12. The van der Waals surface area contributed by atoms with Crippen LogP contribution in [-0.4, -0.2) is 12.0 Å². The highest BCUT2D eigenvalue weighted by molar-refractivity contribution is 9.10. The van der Waals surface area contributed by atoms with Crippen LogP contribution in [0.3, 0.4) is 0 Å². The molecule has 1 atom stereocenters. The minimum atomic E-state index is 0.368. The molecule has 1 unspecified atom stereocenters. The maximum atomic E-state index is 4.31. The van der Waals surface area contributed by atoms with Gasteiger partial charge < -0.3 is 5.32 Å². The molecule has 1 N–H and O–H groups in total. The number of thiophene rings is 1. The fourth-order valence-electron chi connectivity index (χ4n) is 1.38. The van der Waals surface area contributed by atoms with Gasteiger partial charge in [0.05, 0.1) is 5.01 Å². The number of nitrogens with zero attached hydrogens (tertiary/aromatic N) is 1. The normalized spacial score (nSPS) is 12.9. The first-order valence-electron chi connectivity index (χ1n) is 4.59. The predicted octanol–water partition coefficient (Wildman–Crippen LogP) is 3.47. The van der Waals surface area contributed by atoms with Crippen LogP contribution in [0, 0.1) is 0 Å². The van der Waals surface area contributed by atoms with Gasteiger partial charge in [0.25, 0.3) is 0 Å². The lowest BCUT2D eigenvalue weighted by atomic mass is 10.2. The molecule has 0 saturated carbocycles. The van der Waals surface area contributed by atoms with Crippen LogP contribution in [0.1, 0.15) is 15.9 Å². The first-order valence-corrected chi connectivity index (χ1v) is 7.14. The molecule has 0 aliphatic heterocycles. The molecular formula is C10H11BrN2S2. The van der Waals surface area contributed by atoms with Gasteiger partial charge in [-0.2, -0.15) is 0 Å². The van der Waals surface area contributed by atoms with Crippen LogP contribution in [0.25, 0.3) is 0 Å². The lowest BCUT2D eigenvalue weighted by molar-refractivity contribution is 0.600. The molecule has 0 aromatic carbocycles. The highest BCUT2D eigenvalue weighted by Gasteiger charge is 2.13. The van der Waals surface area contributed by atoms with E-state index >= 15 is 0 Å². The average Bonchev–Trinajstić information content (AvgIpc) is 2.85. The molecule has 2 rings (SSSR count). The van der Waals surface area contributed by atoms with Gasteiger partial charge in [-0.25, -0.2) is 4.98 Å². The van der Waals surface area contributed by atoms with Crippen LogP contribution in [0.2, 0.25) is 0 Å². The Labute approximate surface area is 106 Å². The van der Waals surface area contributed by atoms with Crippen molar-refractivity contribution in [3.8, 4) is 0 Å². The standard InChI is InChI=1S/C10H11BrN2S2/c1-12-8(5-10-13-2-3-14-10)9-4-7(11)6-15-9/h2-4,6,8,12H,5H2,1H3. The first kappa shape index (κ1) is 11.3. The molecule has 0 aliphatic carbocycles. The molecule has 0 fully saturated rings. The van der Waals surface area contributed by atoms with E-state index in [0.717, 1.165) is 10.9 Å². The molecule has 0 bridgehead atoms. The topological polar surface area (TPSA) is 24.9 Å². The smallest absolute Gasteiger partial charge is 0.0944 e. The third-order valence-electron chi connectivity index (χ3n) is 2.14. The Bertz CT molecular complexity index is 411. The van der Waals surface area contributed by atoms with Crippen molar-refractivity contribution in [1.29, 1.82) is 0 Å². The highest BCUT2D eigenvalue weighted by atomic mass is 79.9. The van der Waals surface area contributed by atoms with Crippen molar-refractivity contribution in [2.45, 2.75) is 12.5 Å². The molecule has 2 nitrogen and oxygen atoms in total. The van der Waals surface area contributed by atoms with E-state index < -0.39 is 0 Å². The zero-order chi connectivity index (χ0) is 10.7. The maximum absolute atomic E-state index is 4.31. The zero-order valence-electron chi connectivity index (χ0n) is 8.24. The van der Waals surface area contributed by atoms with E-state index in [4.69, 9.17) is 0 Å². The lowest BCUT2D eigenvalue weighted by Crippen LogP contribution is -2.17. The molecule has 2 aromatic rings. The Hall–Kier alpha value is -0.230. The largest absolute Gasteiger partial charge is 0.312 e. The molecule has 5 heteroatoms. The van der Waals surface area contributed by atoms with Gasteiger partial charge in [0.1, 0.15) is 0 Å². The third-order valence-corrected chi connectivity index (χ3v) is 4.75. The Kier molecular flexibility index (Phi) is 3.91. The molecule has 0 spiro atoms. The quantitative estimate of drug-likeness (QED) is 0.935. The summed E-state index contributed by atoms with van der Waals surface area (Å²) in [5.74, 6) is 0. The SMILES string of the molecule is CNC(Cc1nccs1)c1cc(Br)cs1. The summed E-state index contributed by atoms with van der Waals surface area (Å²) in [6, 6.07) is 2.53. The second-order valence-electron chi connectivity index (χ2n) is 3.14. The minimum absolute atomic E-state index is 0.368. The van der Waals surface area contributed by atoms with Crippen LogP contribution in [0.4, 0.5) is 0 Å². The van der Waals surface area contributed by atoms with E-state index in [1.807, 2.05) is 18.6 Å². The van der Waals surface area contributed by atoms with Gasteiger partial charge >= 0.3 is 0 Å².